The van der Waals surface area contributed by atoms with Gasteiger partial charge in [-0.25, -0.2) is 0 Å². The van der Waals surface area contributed by atoms with Gasteiger partial charge in [0.15, 0.2) is 0 Å². The van der Waals surface area contributed by atoms with Gasteiger partial charge in [-0.05, 0) is 42.4 Å². The highest BCUT2D eigenvalue weighted by atomic mass is 16.5. The molecule has 0 radical (unpaired) electrons. The summed E-state index contributed by atoms with van der Waals surface area (Å²) in [7, 11) is 0. The van der Waals surface area contributed by atoms with E-state index in [1.54, 1.807) is 6.08 Å². The lowest BCUT2D eigenvalue weighted by atomic mass is 9.94. The van der Waals surface area contributed by atoms with E-state index in [9.17, 15) is 4.79 Å². The molecule has 0 aliphatic heterocycles. The number of carbonyl (C=O) groups excluding carboxylic acids is 1. The molecule has 2 aliphatic carbocycles. The van der Waals surface area contributed by atoms with Crippen LogP contribution in [-0.4, -0.2) is 5.97 Å². The van der Waals surface area contributed by atoms with Crippen LogP contribution in [0.15, 0.2) is 43.0 Å². The molecule has 2 nitrogen and oxygen atoms in total. The number of allylic oxidation sites excluding steroid dienone is 2. The molecule has 2 aliphatic rings. The average molecular weight is 240 g/mol. The Labute approximate surface area is 107 Å². The predicted octanol–water partition coefficient (Wildman–Crippen LogP) is 3.45. The molecule has 92 valence electrons. The van der Waals surface area contributed by atoms with Crippen molar-refractivity contribution in [2.75, 3.05) is 0 Å². The Balaban J connectivity index is 1.67. The van der Waals surface area contributed by atoms with E-state index in [-0.39, 0.29) is 11.9 Å². The van der Waals surface area contributed by atoms with Crippen LogP contribution >= 0.6 is 0 Å². The highest BCUT2D eigenvalue weighted by Gasteiger charge is 2.40. The van der Waals surface area contributed by atoms with E-state index < -0.39 is 0 Å². The van der Waals surface area contributed by atoms with Crippen molar-refractivity contribution in [1.82, 2.24) is 0 Å². The molecule has 1 aromatic carbocycles. The fraction of sp³-hybridized carbons (Fsp3) is 0.312. The first kappa shape index (κ1) is 11.3. The molecule has 0 aromatic heterocycles. The quantitative estimate of drug-likeness (QED) is 0.459. The molecule has 0 saturated heterocycles. The van der Waals surface area contributed by atoms with Crippen LogP contribution in [0.4, 0.5) is 0 Å². The summed E-state index contributed by atoms with van der Waals surface area (Å²) in [5.74, 6) is 1.58. The Kier molecular flexibility index (Phi) is 2.78. The van der Waals surface area contributed by atoms with E-state index in [2.05, 4.69) is 18.7 Å². The van der Waals surface area contributed by atoms with Gasteiger partial charge in [-0.2, -0.15) is 0 Å². The first-order valence-electron chi connectivity index (χ1n) is 6.39. The molecular weight excluding hydrogens is 224 g/mol. The van der Waals surface area contributed by atoms with Crippen molar-refractivity contribution >= 4 is 12.0 Å². The van der Waals surface area contributed by atoms with E-state index >= 15 is 0 Å². The SMILES string of the molecule is C=Cc1ccc(OC(=O)C2CC3C=CC2C3)cc1. The van der Waals surface area contributed by atoms with Crippen molar-refractivity contribution in [3.63, 3.8) is 0 Å². The Bertz CT molecular complexity index is 498. The Morgan fingerprint density at radius 3 is 2.56 bits per heavy atom. The number of ether oxygens (including phenoxy) is 1. The average Bonchev–Trinajstić information content (AvgIpc) is 3.02. The minimum absolute atomic E-state index is 0.0547. The van der Waals surface area contributed by atoms with Gasteiger partial charge >= 0.3 is 5.97 Å². The summed E-state index contributed by atoms with van der Waals surface area (Å²) in [5.41, 5.74) is 1.03. The highest BCUT2D eigenvalue weighted by molar-refractivity contribution is 5.76. The fourth-order valence-corrected chi connectivity index (χ4v) is 2.92. The summed E-state index contributed by atoms with van der Waals surface area (Å²) in [4.78, 5) is 12.1. The van der Waals surface area contributed by atoms with Gasteiger partial charge in [0.1, 0.15) is 5.75 Å². The molecule has 2 bridgehead atoms. The number of benzene rings is 1. The number of carbonyl (C=O) groups is 1. The van der Waals surface area contributed by atoms with Crippen LogP contribution in [0.25, 0.3) is 6.08 Å². The molecule has 2 heteroatoms. The lowest BCUT2D eigenvalue weighted by Gasteiger charge is -2.16. The van der Waals surface area contributed by atoms with Gasteiger partial charge < -0.3 is 4.74 Å². The molecule has 3 unspecified atom stereocenters. The van der Waals surface area contributed by atoms with Crippen LogP contribution in [-0.2, 0) is 4.79 Å². The molecule has 1 saturated carbocycles. The third kappa shape index (κ3) is 1.99. The Morgan fingerprint density at radius 1 is 1.22 bits per heavy atom. The van der Waals surface area contributed by atoms with E-state index in [1.807, 2.05) is 24.3 Å². The fourth-order valence-electron chi connectivity index (χ4n) is 2.92. The molecule has 0 heterocycles. The van der Waals surface area contributed by atoms with Crippen LogP contribution in [0.2, 0.25) is 0 Å². The van der Waals surface area contributed by atoms with E-state index in [0.717, 1.165) is 18.4 Å². The van der Waals surface area contributed by atoms with Crippen molar-refractivity contribution in [1.29, 1.82) is 0 Å². The van der Waals surface area contributed by atoms with Crippen LogP contribution in [0.1, 0.15) is 18.4 Å². The van der Waals surface area contributed by atoms with Crippen LogP contribution in [0.3, 0.4) is 0 Å². The van der Waals surface area contributed by atoms with E-state index in [0.29, 0.717) is 17.6 Å². The zero-order valence-corrected chi connectivity index (χ0v) is 10.2. The third-order valence-electron chi connectivity index (χ3n) is 3.92. The second-order valence-corrected chi connectivity index (χ2v) is 5.08. The lowest BCUT2D eigenvalue weighted by molar-refractivity contribution is -0.139. The summed E-state index contributed by atoms with van der Waals surface area (Å²) in [5, 5.41) is 0. The van der Waals surface area contributed by atoms with Crippen LogP contribution in [0.5, 0.6) is 5.75 Å². The molecule has 3 rings (SSSR count). The molecule has 1 fully saturated rings. The first-order chi connectivity index (χ1) is 8.76. The number of esters is 1. The molecule has 0 N–H and O–H groups in total. The largest absolute Gasteiger partial charge is 0.426 e. The third-order valence-corrected chi connectivity index (χ3v) is 3.92. The van der Waals surface area contributed by atoms with E-state index in [1.165, 1.54) is 0 Å². The molecular formula is C16H16O2. The Morgan fingerprint density at radius 2 is 2.00 bits per heavy atom. The number of hydrogen-bond acceptors (Lipinski definition) is 2. The van der Waals surface area contributed by atoms with Crippen molar-refractivity contribution in [2.45, 2.75) is 12.8 Å². The maximum Gasteiger partial charge on any atom is 0.314 e. The minimum atomic E-state index is -0.0850. The molecule has 18 heavy (non-hydrogen) atoms. The summed E-state index contributed by atoms with van der Waals surface area (Å²) in [6.45, 7) is 3.70. The zero-order valence-electron chi connectivity index (χ0n) is 10.2. The normalized spacial score (nSPS) is 28.3. The minimum Gasteiger partial charge on any atom is -0.426 e. The van der Waals surface area contributed by atoms with Gasteiger partial charge in [0.05, 0.1) is 5.92 Å². The highest BCUT2D eigenvalue weighted by Crippen LogP contribution is 2.43. The van der Waals surface area contributed by atoms with Crippen LogP contribution < -0.4 is 4.74 Å². The van der Waals surface area contributed by atoms with Gasteiger partial charge in [-0.3, -0.25) is 4.79 Å². The second-order valence-electron chi connectivity index (χ2n) is 5.08. The molecule has 0 spiro atoms. The standard InChI is InChI=1S/C16H16O2/c1-2-11-4-7-14(8-5-11)18-16(17)15-10-12-3-6-13(15)9-12/h2-8,12-13,15H,1,9-10H2. The van der Waals surface area contributed by atoms with Gasteiger partial charge in [-0.15, -0.1) is 0 Å². The van der Waals surface area contributed by atoms with Gasteiger partial charge in [0.25, 0.3) is 0 Å². The summed E-state index contributed by atoms with van der Waals surface area (Å²) in [6, 6.07) is 7.43. The maximum absolute atomic E-state index is 12.1. The summed E-state index contributed by atoms with van der Waals surface area (Å²) < 4.78 is 5.44. The van der Waals surface area contributed by atoms with Gasteiger partial charge in [0, 0.05) is 0 Å². The lowest BCUT2D eigenvalue weighted by Crippen LogP contribution is -2.23. The van der Waals surface area contributed by atoms with E-state index in [4.69, 9.17) is 4.74 Å². The van der Waals surface area contributed by atoms with Gasteiger partial charge in [-0.1, -0.05) is 36.9 Å². The maximum atomic E-state index is 12.1. The van der Waals surface area contributed by atoms with Crippen LogP contribution in [0, 0.1) is 17.8 Å². The van der Waals surface area contributed by atoms with Gasteiger partial charge in [0.2, 0.25) is 0 Å². The summed E-state index contributed by atoms with van der Waals surface area (Å²) in [6.07, 6.45) is 8.24. The smallest absolute Gasteiger partial charge is 0.314 e. The number of fused-ring (bicyclic) bond motifs is 2. The molecule has 0 amide bonds. The summed E-state index contributed by atoms with van der Waals surface area (Å²) >= 11 is 0. The zero-order chi connectivity index (χ0) is 12.5. The first-order valence-corrected chi connectivity index (χ1v) is 6.39. The second kappa shape index (κ2) is 4.45. The number of hydrogen-bond donors (Lipinski definition) is 0. The Hall–Kier alpha value is -1.83. The number of rotatable bonds is 3. The topological polar surface area (TPSA) is 26.3 Å². The molecule has 3 atom stereocenters. The predicted molar refractivity (Wildman–Crippen MR) is 71.0 cm³/mol. The van der Waals surface area contributed by atoms with Crippen molar-refractivity contribution < 1.29 is 9.53 Å². The molecule has 1 aromatic rings. The van der Waals surface area contributed by atoms with Crippen molar-refractivity contribution in [3.05, 3.63) is 48.6 Å². The van der Waals surface area contributed by atoms with Crippen molar-refractivity contribution in [2.24, 2.45) is 17.8 Å². The monoisotopic (exact) mass is 240 g/mol. The van der Waals surface area contributed by atoms with Crippen molar-refractivity contribution in [3.8, 4) is 5.75 Å².